The van der Waals surface area contributed by atoms with E-state index in [4.69, 9.17) is 0 Å². The van der Waals surface area contributed by atoms with Crippen LogP contribution in [0.25, 0.3) is 0 Å². The number of ketones is 1. The number of Topliss-reactive ketones (excluding diaryl/α,β-unsaturated/α-hetero) is 1. The minimum Gasteiger partial charge on any atom is -0.296 e. The van der Waals surface area contributed by atoms with Crippen LogP contribution in [0, 0.1) is 0 Å². The predicted molar refractivity (Wildman–Crippen MR) is 46.9 cm³/mol. The van der Waals surface area contributed by atoms with Gasteiger partial charge in [0.1, 0.15) is 11.4 Å². The fourth-order valence-corrected chi connectivity index (χ4v) is 1.57. The monoisotopic (exact) mass is 175 g/mol. The number of pyridine rings is 1. The van der Waals surface area contributed by atoms with Crippen LogP contribution in [0.3, 0.4) is 0 Å². The quantitative estimate of drug-likeness (QED) is 0.606. The largest absolute Gasteiger partial charge is 0.296 e. The second-order valence-corrected chi connectivity index (χ2v) is 3.14. The first kappa shape index (κ1) is 8.10. The highest BCUT2D eigenvalue weighted by Gasteiger charge is 2.18. The zero-order valence-electron chi connectivity index (χ0n) is 7.12. The van der Waals surface area contributed by atoms with Crippen LogP contribution in [0.1, 0.15) is 39.4 Å². The van der Waals surface area contributed by atoms with Gasteiger partial charge in [-0.05, 0) is 24.5 Å². The second kappa shape index (κ2) is 3.09. The van der Waals surface area contributed by atoms with E-state index in [1.54, 1.807) is 6.07 Å². The van der Waals surface area contributed by atoms with Gasteiger partial charge in [0, 0.05) is 6.42 Å². The van der Waals surface area contributed by atoms with Crippen molar-refractivity contribution in [2.45, 2.75) is 19.3 Å². The summed E-state index contributed by atoms with van der Waals surface area (Å²) in [4.78, 5) is 25.8. The summed E-state index contributed by atoms with van der Waals surface area (Å²) in [5, 5.41) is 0. The lowest BCUT2D eigenvalue weighted by Crippen LogP contribution is -2.13. The molecule has 13 heavy (non-hydrogen) atoms. The van der Waals surface area contributed by atoms with E-state index in [9.17, 15) is 9.59 Å². The number of rotatable bonds is 1. The molecule has 1 aliphatic carbocycles. The molecule has 0 unspecified atom stereocenters. The minimum atomic E-state index is 0.0601. The van der Waals surface area contributed by atoms with Gasteiger partial charge < -0.3 is 0 Å². The molecule has 1 aliphatic rings. The van der Waals surface area contributed by atoms with Crippen LogP contribution in [-0.2, 0) is 6.42 Å². The summed E-state index contributed by atoms with van der Waals surface area (Å²) in [6, 6.07) is 3.48. The van der Waals surface area contributed by atoms with E-state index in [2.05, 4.69) is 4.98 Å². The van der Waals surface area contributed by atoms with Crippen molar-refractivity contribution >= 4 is 12.1 Å². The van der Waals surface area contributed by atoms with E-state index in [-0.39, 0.29) is 5.78 Å². The Hall–Kier alpha value is -1.51. The summed E-state index contributed by atoms with van der Waals surface area (Å²) >= 11 is 0. The molecule has 1 heterocycles. The van der Waals surface area contributed by atoms with Crippen molar-refractivity contribution in [3.05, 3.63) is 29.1 Å². The van der Waals surface area contributed by atoms with Gasteiger partial charge in [0.25, 0.3) is 0 Å². The molecule has 0 N–H and O–H groups in total. The third-order valence-electron chi connectivity index (χ3n) is 2.24. The second-order valence-electron chi connectivity index (χ2n) is 3.14. The number of aldehydes is 1. The average Bonchev–Trinajstić information content (AvgIpc) is 2.18. The van der Waals surface area contributed by atoms with Crippen LogP contribution in [-0.4, -0.2) is 17.1 Å². The number of aryl methyl sites for hydroxylation is 1. The summed E-state index contributed by atoms with van der Waals surface area (Å²) in [6.45, 7) is 0. The Morgan fingerprint density at radius 1 is 1.31 bits per heavy atom. The molecule has 0 spiro atoms. The normalized spacial score (nSPS) is 15.2. The van der Waals surface area contributed by atoms with E-state index in [1.807, 2.05) is 6.07 Å². The molecular weight excluding hydrogens is 166 g/mol. The lowest BCUT2D eigenvalue weighted by Gasteiger charge is -2.12. The van der Waals surface area contributed by atoms with Gasteiger partial charge in [0.15, 0.2) is 12.1 Å². The van der Waals surface area contributed by atoms with E-state index in [0.717, 1.165) is 18.4 Å². The Kier molecular flexibility index (Phi) is 1.93. The molecule has 2 rings (SSSR count). The lowest BCUT2D eigenvalue weighted by molar-refractivity contribution is 0.0967. The standard InChI is InChI=1S/C10H9NO2/c12-6-8-5-4-7-2-1-3-9(13)10(7)11-8/h4-6H,1-3H2. The Morgan fingerprint density at radius 3 is 2.92 bits per heavy atom. The molecule has 0 aromatic carbocycles. The summed E-state index contributed by atoms with van der Waals surface area (Å²) in [7, 11) is 0. The smallest absolute Gasteiger partial charge is 0.181 e. The average molecular weight is 175 g/mol. The Balaban J connectivity index is 2.53. The maximum atomic E-state index is 11.4. The number of hydrogen-bond donors (Lipinski definition) is 0. The molecule has 0 amide bonds. The van der Waals surface area contributed by atoms with Crippen molar-refractivity contribution in [2.24, 2.45) is 0 Å². The van der Waals surface area contributed by atoms with Gasteiger partial charge in [-0.15, -0.1) is 0 Å². The first-order valence-corrected chi connectivity index (χ1v) is 4.29. The Labute approximate surface area is 75.8 Å². The van der Waals surface area contributed by atoms with Gasteiger partial charge in [-0.1, -0.05) is 6.07 Å². The van der Waals surface area contributed by atoms with Crippen molar-refractivity contribution in [3.8, 4) is 0 Å². The molecule has 66 valence electrons. The number of nitrogens with zero attached hydrogens (tertiary/aromatic N) is 1. The van der Waals surface area contributed by atoms with E-state index in [0.29, 0.717) is 24.1 Å². The summed E-state index contributed by atoms with van der Waals surface area (Å²) in [5.41, 5.74) is 1.81. The SMILES string of the molecule is O=Cc1ccc2c(n1)C(=O)CCC2. The van der Waals surface area contributed by atoms with Crippen molar-refractivity contribution in [1.29, 1.82) is 0 Å². The topological polar surface area (TPSA) is 47.0 Å². The van der Waals surface area contributed by atoms with E-state index in [1.165, 1.54) is 0 Å². The molecular formula is C10H9NO2. The summed E-state index contributed by atoms with van der Waals surface area (Å²) < 4.78 is 0. The van der Waals surface area contributed by atoms with Gasteiger partial charge in [-0.2, -0.15) is 0 Å². The summed E-state index contributed by atoms with van der Waals surface area (Å²) in [6.07, 6.45) is 3.02. The van der Waals surface area contributed by atoms with Crippen molar-refractivity contribution in [2.75, 3.05) is 0 Å². The van der Waals surface area contributed by atoms with Crippen LogP contribution in [0.5, 0.6) is 0 Å². The van der Waals surface area contributed by atoms with Crippen molar-refractivity contribution < 1.29 is 9.59 Å². The van der Waals surface area contributed by atoms with Gasteiger partial charge in [-0.3, -0.25) is 9.59 Å². The highest BCUT2D eigenvalue weighted by atomic mass is 16.1. The molecule has 0 aliphatic heterocycles. The van der Waals surface area contributed by atoms with Gasteiger partial charge in [-0.25, -0.2) is 4.98 Å². The third kappa shape index (κ3) is 1.37. The first-order valence-electron chi connectivity index (χ1n) is 4.29. The predicted octanol–water partition coefficient (Wildman–Crippen LogP) is 1.41. The Bertz CT molecular complexity index is 371. The number of hydrogen-bond acceptors (Lipinski definition) is 3. The zero-order chi connectivity index (χ0) is 9.26. The van der Waals surface area contributed by atoms with Crippen molar-refractivity contribution in [3.63, 3.8) is 0 Å². The maximum absolute atomic E-state index is 11.4. The van der Waals surface area contributed by atoms with Crippen LogP contribution in [0.2, 0.25) is 0 Å². The van der Waals surface area contributed by atoms with Gasteiger partial charge >= 0.3 is 0 Å². The van der Waals surface area contributed by atoms with E-state index >= 15 is 0 Å². The number of carbonyl (C=O) groups is 2. The summed E-state index contributed by atoms with van der Waals surface area (Å²) in [5.74, 6) is 0.0601. The fraction of sp³-hybridized carbons (Fsp3) is 0.300. The van der Waals surface area contributed by atoms with Crippen LogP contribution >= 0.6 is 0 Å². The van der Waals surface area contributed by atoms with Crippen molar-refractivity contribution in [1.82, 2.24) is 4.98 Å². The number of aromatic nitrogens is 1. The molecule has 1 aromatic heterocycles. The molecule has 0 saturated heterocycles. The molecule has 1 aromatic rings. The molecule has 0 radical (unpaired) electrons. The minimum absolute atomic E-state index is 0.0601. The highest BCUT2D eigenvalue weighted by Crippen LogP contribution is 2.19. The van der Waals surface area contributed by atoms with Crippen LogP contribution < -0.4 is 0 Å². The molecule has 0 fully saturated rings. The van der Waals surface area contributed by atoms with E-state index < -0.39 is 0 Å². The van der Waals surface area contributed by atoms with Crippen LogP contribution in [0.4, 0.5) is 0 Å². The highest BCUT2D eigenvalue weighted by molar-refractivity contribution is 5.97. The molecule has 3 heteroatoms. The number of carbonyl (C=O) groups excluding carboxylic acids is 2. The lowest BCUT2D eigenvalue weighted by atomic mass is 9.95. The maximum Gasteiger partial charge on any atom is 0.181 e. The van der Waals surface area contributed by atoms with Gasteiger partial charge in [0.2, 0.25) is 0 Å². The molecule has 3 nitrogen and oxygen atoms in total. The molecule has 0 bridgehead atoms. The van der Waals surface area contributed by atoms with Gasteiger partial charge in [0.05, 0.1) is 0 Å². The first-order chi connectivity index (χ1) is 6.31. The zero-order valence-corrected chi connectivity index (χ0v) is 7.12. The number of fused-ring (bicyclic) bond motifs is 1. The molecule has 0 saturated carbocycles. The third-order valence-corrected chi connectivity index (χ3v) is 2.24. The molecule has 0 atom stereocenters. The Morgan fingerprint density at radius 2 is 2.15 bits per heavy atom. The fourth-order valence-electron chi connectivity index (χ4n) is 1.57. The van der Waals surface area contributed by atoms with Crippen LogP contribution in [0.15, 0.2) is 12.1 Å².